The van der Waals surface area contributed by atoms with Crippen LogP contribution in [0.15, 0.2) is 29.4 Å². The van der Waals surface area contributed by atoms with Crippen molar-refractivity contribution in [1.29, 1.82) is 0 Å². The third kappa shape index (κ3) is 3.89. The van der Waals surface area contributed by atoms with Crippen LogP contribution in [0.3, 0.4) is 0 Å². The molecule has 0 aliphatic heterocycles. The maximum absolute atomic E-state index is 11.0. The van der Waals surface area contributed by atoms with Crippen molar-refractivity contribution in [1.82, 2.24) is 0 Å². The molecule has 0 aliphatic rings. The zero-order valence-electron chi connectivity index (χ0n) is 8.01. The van der Waals surface area contributed by atoms with E-state index in [-0.39, 0.29) is 11.5 Å². The standard InChI is InChI=1S/C9H10ClNO3S/c1-15(13,14)6-9(11-12)7-3-2-4-8(10)5-7/h2-5,12H,6H2,1H3/b11-9-. The first-order chi connectivity index (χ1) is 6.92. The van der Waals surface area contributed by atoms with Crippen molar-refractivity contribution in [3.05, 3.63) is 34.9 Å². The number of halogens is 1. The molecule has 0 amide bonds. The number of rotatable bonds is 3. The van der Waals surface area contributed by atoms with Gasteiger partial charge in [-0.25, -0.2) is 8.42 Å². The van der Waals surface area contributed by atoms with Crippen LogP contribution in [0.25, 0.3) is 0 Å². The highest BCUT2D eigenvalue weighted by molar-refractivity contribution is 7.91. The Morgan fingerprint density at radius 1 is 1.53 bits per heavy atom. The minimum atomic E-state index is -3.23. The van der Waals surface area contributed by atoms with E-state index in [1.807, 2.05) is 0 Å². The third-order valence-corrected chi connectivity index (χ3v) is 2.71. The van der Waals surface area contributed by atoms with Crippen LogP contribution in [-0.2, 0) is 9.84 Å². The molecule has 82 valence electrons. The largest absolute Gasteiger partial charge is 0.411 e. The molecule has 1 aromatic carbocycles. The molecule has 1 N–H and O–H groups in total. The number of hydrogen-bond donors (Lipinski definition) is 1. The number of hydrogen-bond acceptors (Lipinski definition) is 4. The smallest absolute Gasteiger partial charge is 0.153 e. The fourth-order valence-corrected chi connectivity index (χ4v) is 2.00. The zero-order valence-corrected chi connectivity index (χ0v) is 9.59. The Labute approximate surface area is 93.1 Å². The molecular formula is C9H10ClNO3S. The predicted octanol–water partition coefficient (Wildman–Crippen LogP) is 1.56. The molecule has 0 aliphatic carbocycles. The predicted molar refractivity (Wildman–Crippen MR) is 59.5 cm³/mol. The molecular weight excluding hydrogens is 238 g/mol. The fourth-order valence-electron chi connectivity index (χ4n) is 1.09. The van der Waals surface area contributed by atoms with Crippen LogP contribution in [0.1, 0.15) is 5.56 Å². The minimum absolute atomic E-state index is 0.0833. The second kappa shape index (κ2) is 4.63. The Morgan fingerprint density at radius 2 is 2.20 bits per heavy atom. The Hall–Kier alpha value is -1.07. The van der Waals surface area contributed by atoms with E-state index < -0.39 is 9.84 Å². The topological polar surface area (TPSA) is 66.7 Å². The Bertz CT molecular complexity index is 482. The van der Waals surface area contributed by atoms with Gasteiger partial charge in [0.05, 0.1) is 5.75 Å². The van der Waals surface area contributed by atoms with Gasteiger partial charge in [0.1, 0.15) is 5.71 Å². The Balaban J connectivity index is 3.05. The maximum atomic E-state index is 11.0. The van der Waals surface area contributed by atoms with Crippen molar-refractivity contribution in [2.24, 2.45) is 5.16 Å². The van der Waals surface area contributed by atoms with E-state index in [0.29, 0.717) is 10.6 Å². The molecule has 0 saturated heterocycles. The van der Waals surface area contributed by atoms with Crippen molar-refractivity contribution in [3.8, 4) is 0 Å². The molecule has 0 heterocycles. The molecule has 1 aromatic rings. The van der Waals surface area contributed by atoms with E-state index in [1.165, 1.54) is 0 Å². The highest BCUT2D eigenvalue weighted by Gasteiger charge is 2.12. The zero-order chi connectivity index (χ0) is 11.5. The highest BCUT2D eigenvalue weighted by Crippen LogP contribution is 2.12. The molecule has 0 fully saturated rings. The van der Waals surface area contributed by atoms with Crippen LogP contribution in [0.4, 0.5) is 0 Å². The SMILES string of the molecule is CS(=O)(=O)C/C(=N/O)c1cccc(Cl)c1. The maximum Gasteiger partial charge on any atom is 0.153 e. The van der Waals surface area contributed by atoms with Crippen LogP contribution >= 0.6 is 11.6 Å². The summed E-state index contributed by atoms with van der Waals surface area (Å²) in [4.78, 5) is 0. The van der Waals surface area contributed by atoms with E-state index >= 15 is 0 Å². The summed E-state index contributed by atoms with van der Waals surface area (Å²) in [5, 5.41) is 12.1. The molecule has 0 spiro atoms. The summed E-state index contributed by atoms with van der Waals surface area (Å²) in [6.45, 7) is 0. The number of sulfone groups is 1. The summed E-state index contributed by atoms with van der Waals surface area (Å²) in [6, 6.07) is 6.49. The van der Waals surface area contributed by atoms with Gasteiger partial charge in [-0.3, -0.25) is 0 Å². The molecule has 6 heteroatoms. The average molecular weight is 248 g/mol. The summed E-state index contributed by atoms with van der Waals surface area (Å²) < 4.78 is 22.1. The summed E-state index contributed by atoms with van der Waals surface area (Å²) in [6.07, 6.45) is 1.07. The molecule has 0 bridgehead atoms. The number of benzene rings is 1. The van der Waals surface area contributed by atoms with Gasteiger partial charge in [-0.15, -0.1) is 0 Å². The molecule has 15 heavy (non-hydrogen) atoms. The molecule has 1 rings (SSSR count). The monoisotopic (exact) mass is 247 g/mol. The van der Waals surface area contributed by atoms with Gasteiger partial charge < -0.3 is 5.21 Å². The fraction of sp³-hybridized carbons (Fsp3) is 0.222. The lowest BCUT2D eigenvalue weighted by molar-refractivity contribution is 0.319. The lowest BCUT2D eigenvalue weighted by atomic mass is 10.1. The minimum Gasteiger partial charge on any atom is -0.411 e. The van der Waals surface area contributed by atoms with Gasteiger partial charge in [-0.2, -0.15) is 0 Å². The molecule has 4 nitrogen and oxygen atoms in total. The lowest BCUT2D eigenvalue weighted by Gasteiger charge is -2.03. The highest BCUT2D eigenvalue weighted by atomic mass is 35.5. The van der Waals surface area contributed by atoms with Crippen LogP contribution in [0, 0.1) is 0 Å². The third-order valence-electron chi connectivity index (χ3n) is 1.68. The van der Waals surface area contributed by atoms with Crippen molar-refractivity contribution >= 4 is 27.1 Å². The van der Waals surface area contributed by atoms with Gasteiger partial charge in [-0.1, -0.05) is 28.9 Å². The first-order valence-corrected chi connectivity index (χ1v) is 6.51. The van der Waals surface area contributed by atoms with Gasteiger partial charge in [-0.05, 0) is 12.1 Å². The molecule has 0 atom stereocenters. The lowest BCUT2D eigenvalue weighted by Crippen LogP contribution is -2.15. The normalized spacial score (nSPS) is 12.8. The van der Waals surface area contributed by atoms with E-state index in [9.17, 15) is 8.42 Å². The van der Waals surface area contributed by atoms with Gasteiger partial charge in [0.2, 0.25) is 0 Å². The number of nitrogens with zero attached hydrogens (tertiary/aromatic N) is 1. The molecule has 0 saturated carbocycles. The second-order valence-corrected chi connectivity index (χ2v) is 5.70. The average Bonchev–Trinajstić information content (AvgIpc) is 2.13. The Kier molecular flexibility index (Phi) is 3.71. The summed E-state index contributed by atoms with van der Waals surface area (Å²) in [5.41, 5.74) is 0.579. The van der Waals surface area contributed by atoms with Crippen molar-refractivity contribution in [2.45, 2.75) is 0 Å². The quantitative estimate of drug-likeness (QED) is 0.501. The molecule has 0 aromatic heterocycles. The van der Waals surface area contributed by atoms with Gasteiger partial charge in [0, 0.05) is 16.8 Å². The van der Waals surface area contributed by atoms with Crippen molar-refractivity contribution < 1.29 is 13.6 Å². The van der Waals surface area contributed by atoms with Crippen LogP contribution in [0.5, 0.6) is 0 Å². The first kappa shape index (κ1) is 12.0. The van der Waals surface area contributed by atoms with Crippen LogP contribution in [0.2, 0.25) is 5.02 Å². The van der Waals surface area contributed by atoms with Crippen LogP contribution in [-0.4, -0.2) is 31.3 Å². The van der Waals surface area contributed by atoms with Gasteiger partial charge in [0.15, 0.2) is 9.84 Å². The summed E-state index contributed by atoms with van der Waals surface area (Å²) in [7, 11) is -3.23. The van der Waals surface area contributed by atoms with Gasteiger partial charge >= 0.3 is 0 Å². The van der Waals surface area contributed by atoms with E-state index in [2.05, 4.69) is 5.16 Å². The first-order valence-electron chi connectivity index (χ1n) is 4.07. The molecule has 0 radical (unpaired) electrons. The molecule has 0 unspecified atom stereocenters. The van der Waals surface area contributed by atoms with E-state index in [1.54, 1.807) is 24.3 Å². The van der Waals surface area contributed by atoms with Crippen molar-refractivity contribution in [2.75, 3.05) is 12.0 Å². The summed E-state index contributed by atoms with van der Waals surface area (Å²) >= 11 is 5.73. The van der Waals surface area contributed by atoms with Crippen molar-refractivity contribution in [3.63, 3.8) is 0 Å². The van der Waals surface area contributed by atoms with E-state index in [0.717, 1.165) is 6.26 Å². The summed E-state index contributed by atoms with van der Waals surface area (Å²) in [5.74, 6) is -0.316. The number of oxime groups is 1. The van der Waals surface area contributed by atoms with Crippen LogP contribution < -0.4 is 0 Å². The van der Waals surface area contributed by atoms with Gasteiger partial charge in [0.25, 0.3) is 0 Å². The van der Waals surface area contributed by atoms with E-state index in [4.69, 9.17) is 16.8 Å². The Morgan fingerprint density at radius 3 is 2.67 bits per heavy atom. The second-order valence-electron chi connectivity index (χ2n) is 3.13.